The van der Waals surface area contributed by atoms with Gasteiger partial charge in [0.2, 0.25) is 11.8 Å². The maximum Gasteiger partial charge on any atom is 0.249 e. The summed E-state index contributed by atoms with van der Waals surface area (Å²) in [6, 6.07) is 20.9. The van der Waals surface area contributed by atoms with Crippen molar-refractivity contribution in [2.75, 3.05) is 5.32 Å². The third kappa shape index (κ3) is 3.43. The van der Waals surface area contributed by atoms with E-state index in [1.54, 1.807) is 6.07 Å². The summed E-state index contributed by atoms with van der Waals surface area (Å²) in [5.41, 5.74) is 11.0. The first kappa shape index (κ1) is 19.7. The van der Waals surface area contributed by atoms with Crippen LogP contribution in [0.3, 0.4) is 0 Å². The van der Waals surface area contributed by atoms with Gasteiger partial charge in [-0.15, -0.1) is 0 Å². The maximum atomic E-state index is 12.1. The van der Waals surface area contributed by atoms with Gasteiger partial charge in [0.25, 0.3) is 0 Å². The van der Waals surface area contributed by atoms with Gasteiger partial charge in [0.1, 0.15) is 0 Å². The highest BCUT2D eigenvalue weighted by Gasteiger charge is 2.18. The molecule has 0 unspecified atom stereocenters. The van der Waals surface area contributed by atoms with Crippen LogP contribution in [0.15, 0.2) is 54.6 Å². The second-order valence-electron chi connectivity index (χ2n) is 7.84. The van der Waals surface area contributed by atoms with Gasteiger partial charge in [0.15, 0.2) is 0 Å². The van der Waals surface area contributed by atoms with Crippen LogP contribution < -0.4 is 11.1 Å². The number of nitrogens with one attached hydrogen (secondary N) is 1. The fourth-order valence-corrected chi connectivity index (χ4v) is 3.92. The number of carbonyl (C=O) groups is 2. The number of fused-ring (bicyclic) bond motifs is 3. The second-order valence-corrected chi connectivity index (χ2v) is 7.84. The van der Waals surface area contributed by atoms with E-state index < -0.39 is 5.91 Å². The van der Waals surface area contributed by atoms with Gasteiger partial charge < -0.3 is 15.6 Å². The first-order valence-corrected chi connectivity index (χ1v) is 9.98. The third-order valence-corrected chi connectivity index (χ3v) is 5.41. The molecule has 1 radical (unpaired) electrons. The van der Waals surface area contributed by atoms with E-state index in [0.29, 0.717) is 18.0 Å². The Balaban J connectivity index is 2.01. The Morgan fingerprint density at radius 2 is 1.87 bits per heavy atom. The summed E-state index contributed by atoms with van der Waals surface area (Å²) in [5, 5.41) is 4.60. The van der Waals surface area contributed by atoms with Crippen LogP contribution in [0.5, 0.6) is 0 Å². The lowest BCUT2D eigenvalue weighted by Crippen LogP contribution is -2.11. The molecule has 3 N–H and O–H groups in total. The van der Waals surface area contributed by atoms with E-state index in [-0.39, 0.29) is 5.91 Å². The standard InChI is InChI=1S/C25H24N3O2/c1-15(2)17-11-12-19-23(13-17)28(22-10-6-8-20(24(19)22)25(26)30)14-18-7-4-5-9-21(18)27-16(3)29/h4-11,13,15H,14H2,1-3H3,(H2,26,30)(H,27,29). The third-order valence-electron chi connectivity index (χ3n) is 5.41. The van der Waals surface area contributed by atoms with Gasteiger partial charge in [-0.25, -0.2) is 0 Å². The van der Waals surface area contributed by atoms with Crippen molar-refractivity contribution >= 4 is 39.3 Å². The van der Waals surface area contributed by atoms with E-state index in [4.69, 9.17) is 5.73 Å². The predicted octanol–water partition coefficient (Wildman–Crippen LogP) is 4.82. The van der Waals surface area contributed by atoms with Crippen LogP contribution in [-0.2, 0) is 11.3 Å². The zero-order valence-corrected chi connectivity index (χ0v) is 17.3. The van der Waals surface area contributed by atoms with Crippen molar-refractivity contribution < 1.29 is 9.59 Å². The Morgan fingerprint density at radius 1 is 1.10 bits per heavy atom. The van der Waals surface area contributed by atoms with Gasteiger partial charge in [0, 0.05) is 28.9 Å². The van der Waals surface area contributed by atoms with Crippen LogP contribution in [0.1, 0.15) is 48.2 Å². The molecule has 2 amide bonds. The Morgan fingerprint density at radius 3 is 2.57 bits per heavy atom. The van der Waals surface area contributed by atoms with Crippen molar-refractivity contribution in [3.8, 4) is 0 Å². The van der Waals surface area contributed by atoms with E-state index >= 15 is 0 Å². The summed E-state index contributed by atoms with van der Waals surface area (Å²) >= 11 is 0. The molecule has 0 fully saturated rings. The van der Waals surface area contributed by atoms with Crippen LogP contribution in [0.25, 0.3) is 21.8 Å². The molecule has 3 aromatic carbocycles. The SMILES string of the molecule is CC(=O)Nc1ccccc1Cn1c2cc(C(C)C)c[c]c2c2c(C(N)=O)cccc21. The quantitative estimate of drug-likeness (QED) is 0.505. The number of nitrogens with zero attached hydrogens (tertiary/aromatic N) is 1. The van der Waals surface area contributed by atoms with Gasteiger partial charge in [-0.3, -0.25) is 9.59 Å². The summed E-state index contributed by atoms with van der Waals surface area (Å²) in [4.78, 5) is 23.8. The molecule has 0 saturated heterocycles. The van der Waals surface area contributed by atoms with Crippen molar-refractivity contribution in [2.45, 2.75) is 33.2 Å². The van der Waals surface area contributed by atoms with Crippen molar-refractivity contribution in [1.82, 2.24) is 4.57 Å². The van der Waals surface area contributed by atoms with Crippen molar-refractivity contribution in [3.05, 3.63) is 77.4 Å². The summed E-state index contributed by atoms with van der Waals surface area (Å²) in [6.45, 7) is 6.32. The monoisotopic (exact) mass is 398 g/mol. The number of nitrogens with two attached hydrogens (primary N) is 1. The average Bonchev–Trinajstić information content (AvgIpc) is 3.02. The number of aromatic nitrogens is 1. The minimum Gasteiger partial charge on any atom is -0.366 e. The van der Waals surface area contributed by atoms with Gasteiger partial charge in [-0.1, -0.05) is 44.2 Å². The summed E-state index contributed by atoms with van der Waals surface area (Å²) in [6.07, 6.45) is 0. The molecule has 0 atom stereocenters. The number of para-hydroxylation sites is 1. The molecule has 0 aliphatic rings. The summed E-state index contributed by atoms with van der Waals surface area (Å²) in [7, 11) is 0. The first-order valence-electron chi connectivity index (χ1n) is 9.98. The molecule has 0 aliphatic heterocycles. The van der Waals surface area contributed by atoms with Gasteiger partial charge in [-0.05, 0) is 47.4 Å². The van der Waals surface area contributed by atoms with Gasteiger partial charge in [0.05, 0.1) is 17.6 Å². The minimum atomic E-state index is -0.459. The summed E-state index contributed by atoms with van der Waals surface area (Å²) in [5.74, 6) is -0.227. The zero-order valence-electron chi connectivity index (χ0n) is 17.3. The molecular weight excluding hydrogens is 374 g/mol. The number of hydrogen-bond donors (Lipinski definition) is 2. The fraction of sp³-hybridized carbons (Fsp3) is 0.200. The Bertz CT molecular complexity index is 1280. The van der Waals surface area contributed by atoms with Crippen LogP contribution >= 0.6 is 0 Å². The average molecular weight is 398 g/mol. The first-order chi connectivity index (χ1) is 14.4. The molecule has 1 heterocycles. The number of primary amides is 1. The summed E-state index contributed by atoms with van der Waals surface area (Å²) < 4.78 is 2.17. The lowest BCUT2D eigenvalue weighted by Gasteiger charge is -2.13. The topological polar surface area (TPSA) is 77.1 Å². The number of hydrogen-bond acceptors (Lipinski definition) is 2. The highest BCUT2D eigenvalue weighted by Crippen LogP contribution is 2.34. The van der Waals surface area contributed by atoms with E-state index in [0.717, 1.165) is 33.1 Å². The molecule has 0 spiro atoms. The second kappa shape index (κ2) is 7.67. The fourth-order valence-electron chi connectivity index (χ4n) is 3.92. The highest BCUT2D eigenvalue weighted by atomic mass is 16.1. The lowest BCUT2D eigenvalue weighted by molar-refractivity contribution is -0.114. The zero-order chi connectivity index (χ0) is 21.4. The smallest absolute Gasteiger partial charge is 0.249 e. The number of rotatable bonds is 5. The number of benzene rings is 3. The lowest BCUT2D eigenvalue weighted by atomic mass is 10.00. The largest absolute Gasteiger partial charge is 0.366 e. The van der Waals surface area contributed by atoms with E-state index in [1.807, 2.05) is 42.5 Å². The molecular formula is C25H24N3O2. The molecule has 1 aromatic heterocycles. The van der Waals surface area contributed by atoms with Crippen molar-refractivity contribution in [1.29, 1.82) is 0 Å². The van der Waals surface area contributed by atoms with Gasteiger partial charge >= 0.3 is 0 Å². The normalized spacial score (nSPS) is 11.3. The van der Waals surface area contributed by atoms with E-state index in [9.17, 15) is 9.59 Å². The minimum absolute atomic E-state index is 0.115. The molecule has 0 bridgehead atoms. The Labute approximate surface area is 175 Å². The number of amides is 2. The van der Waals surface area contributed by atoms with Crippen LogP contribution in [-0.4, -0.2) is 16.4 Å². The molecule has 151 valence electrons. The van der Waals surface area contributed by atoms with Gasteiger partial charge in [-0.2, -0.15) is 0 Å². The Hall–Kier alpha value is -3.60. The highest BCUT2D eigenvalue weighted by molar-refractivity contribution is 6.17. The van der Waals surface area contributed by atoms with E-state index in [2.05, 4.69) is 35.9 Å². The van der Waals surface area contributed by atoms with Crippen molar-refractivity contribution in [3.63, 3.8) is 0 Å². The number of carbonyl (C=O) groups excluding carboxylic acids is 2. The maximum absolute atomic E-state index is 12.1. The molecule has 4 rings (SSSR count). The Kier molecular flexibility index (Phi) is 5.04. The molecule has 5 nitrogen and oxygen atoms in total. The van der Waals surface area contributed by atoms with Crippen LogP contribution in [0, 0.1) is 6.07 Å². The predicted molar refractivity (Wildman–Crippen MR) is 121 cm³/mol. The number of anilines is 1. The molecule has 0 saturated carbocycles. The molecule has 5 heteroatoms. The molecule has 4 aromatic rings. The molecule has 0 aliphatic carbocycles. The van der Waals surface area contributed by atoms with Crippen molar-refractivity contribution in [2.24, 2.45) is 5.73 Å². The van der Waals surface area contributed by atoms with E-state index in [1.165, 1.54) is 12.5 Å². The van der Waals surface area contributed by atoms with Crippen LogP contribution in [0.2, 0.25) is 0 Å². The van der Waals surface area contributed by atoms with Crippen LogP contribution in [0.4, 0.5) is 5.69 Å². The molecule has 30 heavy (non-hydrogen) atoms.